The van der Waals surface area contributed by atoms with Gasteiger partial charge in [0, 0.05) is 33.0 Å². The van der Waals surface area contributed by atoms with Gasteiger partial charge >= 0.3 is 0 Å². The number of carbonyl (C=O) groups excluding carboxylic acids is 2. The summed E-state index contributed by atoms with van der Waals surface area (Å²) in [6.07, 6.45) is 0.390. The lowest BCUT2D eigenvalue weighted by Crippen LogP contribution is -2.57. The van der Waals surface area contributed by atoms with E-state index in [0.29, 0.717) is 33.0 Å². The van der Waals surface area contributed by atoms with Crippen LogP contribution in [0.3, 0.4) is 0 Å². The van der Waals surface area contributed by atoms with Gasteiger partial charge in [0.1, 0.15) is 16.3 Å². The number of amides is 2. The standard InChI is InChI=1S/C30H32ClN5O3S2/c1-6-30(4,28(38)34-23-11-13-24(39-5)14-12-23)36(27(37)18-41-29-32-19(2)15-20(3)33-29)16-26-35-25(17-40-26)21-7-9-22(31)10-8-21/h7-15,17H,6,16,18H2,1-5H3,(H,34,38). The number of benzene rings is 2. The number of thioether (sulfide) groups is 1. The van der Waals surface area contributed by atoms with Gasteiger partial charge in [-0.3, -0.25) is 9.59 Å². The molecule has 4 rings (SSSR count). The number of aromatic nitrogens is 3. The van der Waals surface area contributed by atoms with Gasteiger partial charge < -0.3 is 15.0 Å². The van der Waals surface area contributed by atoms with Crippen LogP contribution in [-0.4, -0.2) is 50.1 Å². The molecule has 0 saturated heterocycles. The zero-order valence-electron chi connectivity index (χ0n) is 23.6. The Balaban J connectivity index is 1.61. The van der Waals surface area contributed by atoms with E-state index >= 15 is 0 Å². The molecule has 0 aliphatic heterocycles. The smallest absolute Gasteiger partial charge is 0.250 e. The second-order valence-electron chi connectivity index (χ2n) is 9.65. The van der Waals surface area contributed by atoms with Gasteiger partial charge in [0.05, 0.1) is 25.1 Å². The van der Waals surface area contributed by atoms with E-state index in [1.54, 1.807) is 43.2 Å². The van der Waals surface area contributed by atoms with Crippen molar-refractivity contribution in [3.8, 4) is 17.0 Å². The van der Waals surface area contributed by atoms with E-state index in [1.165, 1.54) is 23.1 Å². The van der Waals surface area contributed by atoms with Gasteiger partial charge in [0.2, 0.25) is 11.8 Å². The Kier molecular flexibility index (Phi) is 10.0. The summed E-state index contributed by atoms with van der Waals surface area (Å²) in [4.78, 5) is 43.0. The van der Waals surface area contributed by atoms with Crippen LogP contribution in [0.5, 0.6) is 5.75 Å². The Morgan fingerprint density at radius 1 is 1.05 bits per heavy atom. The van der Waals surface area contributed by atoms with E-state index in [2.05, 4.69) is 15.3 Å². The predicted octanol–water partition coefficient (Wildman–Crippen LogP) is 6.81. The van der Waals surface area contributed by atoms with E-state index in [-0.39, 0.29) is 24.1 Å². The average Bonchev–Trinajstić information content (AvgIpc) is 3.43. The summed E-state index contributed by atoms with van der Waals surface area (Å²) in [5.41, 5.74) is 2.83. The minimum atomic E-state index is -1.16. The number of ether oxygens (including phenoxy) is 1. The van der Waals surface area contributed by atoms with Crippen molar-refractivity contribution in [2.45, 2.75) is 51.4 Å². The summed E-state index contributed by atoms with van der Waals surface area (Å²) in [5, 5.41) is 6.81. The number of anilines is 1. The maximum atomic E-state index is 13.9. The number of hydrogen-bond acceptors (Lipinski definition) is 8. The van der Waals surface area contributed by atoms with E-state index in [9.17, 15) is 9.59 Å². The Morgan fingerprint density at radius 3 is 2.32 bits per heavy atom. The third kappa shape index (κ3) is 7.63. The van der Waals surface area contributed by atoms with Crippen molar-refractivity contribution >= 4 is 52.2 Å². The molecule has 0 spiro atoms. The first-order valence-corrected chi connectivity index (χ1v) is 15.3. The van der Waals surface area contributed by atoms with Crippen molar-refractivity contribution in [1.29, 1.82) is 0 Å². The molecule has 11 heteroatoms. The zero-order chi connectivity index (χ0) is 29.6. The van der Waals surface area contributed by atoms with Crippen LogP contribution in [0.1, 0.15) is 36.7 Å². The fourth-order valence-electron chi connectivity index (χ4n) is 4.19. The van der Waals surface area contributed by atoms with Gasteiger partial charge in [0.25, 0.3) is 0 Å². The largest absolute Gasteiger partial charge is 0.497 e. The fraction of sp³-hybridized carbons (Fsp3) is 0.300. The number of rotatable bonds is 11. The lowest BCUT2D eigenvalue weighted by atomic mass is 9.94. The monoisotopic (exact) mass is 609 g/mol. The first kappa shape index (κ1) is 30.5. The average molecular weight is 610 g/mol. The number of nitrogens with zero attached hydrogens (tertiary/aromatic N) is 4. The molecule has 8 nitrogen and oxygen atoms in total. The topological polar surface area (TPSA) is 97.3 Å². The van der Waals surface area contributed by atoms with Crippen LogP contribution < -0.4 is 10.1 Å². The molecule has 0 saturated carbocycles. The maximum Gasteiger partial charge on any atom is 0.250 e. The molecule has 4 aromatic rings. The Bertz CT molecular complexity index is 1490. The molecule has 2 heterocycles. The molecule has 214 valence electrons. The molecule has 0 aliphatic carbocycles. The van der Waals surface area contributed by atoms with Crippen LogP contribution in [0.2, 0.25) is 5.02 Å². The summed E-state index contributed by atoms with van der Waals surface area (Å²) in [7, 11) is 1.59. The fourth-order valence-corrected chi connectivity index (χ4v) is 5.93. The number of methoxy groups -OCH3 is 1. The highest BCUT2D eigenvalue weighted by Gasteiger charge is 2.41. The number of aryl methyl sites for hydroxylation is 2. The lowest BCUT2D eigenvalue weighted by Gasteiger charge is -2.39. The van der Waals surface area contributed by atoms with E-state index < -0.39 is 5.54 Å². The summed E-state index contributed by atoms with van der Waals surface area (Å²) in [5.74, 6) is 0.254. The number of carbonyl (C=O) groups is 2. The van der Waals surface area contributed by atoms with Crippen LogP contribution in [0.25, 0.3) is 11.3 Å². The summed E-state index contributed by atoms with van der Waals surface area (Å²) in [6, 6.07) is 16.4. The highest BCUT2D eigenvalue weighted by Crippen LogP contribution is 2.30. The molecule has 2 aromatic heterocycles. The molecule has 1 atom stereocenters. The van der Waals surface area contributed by atoms with Crippen LogP contribution in [0.15, 0.2) is 65.1 Å². The molecule has 1 unspecified atom stereocenters. The first-order valence-electron chi connectivity index (χ1n) is 13.0. The van der Waals surface area contributed by atoms with E-state index in [1.807, 2.05) is 56.5 Å². The summed E-state index contributed by atoms with van der Waals surface area (Å²) in [6.45, 7) is 7.65. The van der Waals surface area contributed by atoms with E-state index in [0.717, 1.165) is 22.6 Å². The van der Waals surface area contributed by atoms with Gasteiger partial charge in [-0.25, -0.2) is 15.0 Å². The number of thiazole rings is 1. The molecule has 2 amide bonds. The second kappa shape index (κ2) is 13.5. The molecular formula is C30H32ClN5O3S2. The number of halogens is 1. The van der Waals surface area contributed by atoms with Crippen molar-refractivity contribution in [2.75, 3.05) is 18.2 Å². The number of hydrogen-bond donors (Lipinski definition) is 1. The number of nitrogens with one attached hydrogen (secondary N) is 1. The Labute approximate surface area is 253 Å². The van der Waals surface area contributed by atoms with Gasteiger partial charge in [-0.2, -0.15) is 0 Å². The van der Waals surface area contributed by atoms with Crippen LogP contribution in [-0.2, 0) is 16.1 Å². The van der Waals surface area contributed by atoms with Gasteiger partial charge in [0.15, 0.2) is 5.16 Å². The van der Waals surface area contributed by atoms with E-state index in [4.69, 9.17) is 21.3 Å². The summed E-state index contributed by atoms with van der Waals surface area (Å²) < 4.78 is 5.23. The first-order chi connectivity index (χ1) is 19.6. The SMILES string of the molecule is CCC(C)(C(=O)Nc1ccc(OC)cc1)N(Cc1nc(-c2ccc(Cl)cc2)cs1)C(=O)CSc1nc(C)cc(C)n1. The van der Waals surface area contributed by atoms with Crippen LogP contribution >= 0.6 is 34.7 Å². The minimum absolute atomic E-state index is 0.0731. The van der Waals surface area contributed by atoms with Gasteiger partial charge in [-0.1, -0.05) is 42.4 Å². The molecule has 0 bridgehead atoms. The minimum Gasteiger partial charge on any atom is -0.497 e. The maximum absolute atomic E-state index is 13.9. The quantitative estimate of drug-likeness (QED) is 0.147. The molecule has 1 N–H and O–H groups in total. The lowest BCUT2D eigenvalue weighted by molar-refractivity contribution is -0.143. The van der Waals surface area contributed by atoms with Gasteiger partial charge in [-0.15, -0.1) is 11.3 Å². The zero-order valence-corrected chi connectivity index (χ0v) is 26.0. The third-order valence-corrected chi connectivity index (χ3v) is 8.61. The highest BCUT2D eigenvalue weighted by molar-refractivity contribution is 7.99. The van der Waals surface area contributed by atoms with Crippen LogP contribution in [0.4, 0.5) is 5.69 Å². The van der Waals surface area contributed by atoms with Crippen molar-refractivity contribution in [2.24, 2.45) is 0 Å². The highest BCUT2D eigenvalue weighted by atomic mass is 35.5. The summed E-state index contributed by atoms with van der Waals surface area (Å²) >= 11 is 8.75. The van der Waals surface area contributed by atoms with Gasteiger partial charge in [-0.05, 0) is 69.7 Å². The molecule has 0 aliphatic rings. The molecule has 0 radical (unpaired) electrons. The molecule has 41 heavy (non-hydrogen) atoms. The van der Waals surface area contributed by atoms with Crippen molar-refractivity contribution in [3.05, 3.63) is 81.4 Å². The third-order valence-electron chi connectivity index (χ3n) is 6.69. The molecular weight excluding hydrogens is 578 g/mol. The Morgan fingerprint density at radius 2 is 1.71 bits per heavy atom. The molecule has 0 fully saturated rings. The van der Waals surface area contributed by atoms with Crippen molar-refractivity contribution in [3.63, 3.8) is 0 Å². The van der Waals surface area contributed by atoms with Crippen molar-refractivity contribution < 1.29 is 14.3 Å². The second-order valence-corrected chi connectivity index (χ2v) is 12.0. The molecule has 2 aromatic carbocycles. The normalized spacial score (nSPS) is 12.4. The van der Waals surface area contributed by atoms with Crippen molar-refractivity contribution in [1.82, 2.24) is 19.9 Å². The Hall–Kier alpha value is -3.47. The van der Waals surface area contributed by atoms with Crippen LogP contribution in [0, 0.1) is 13.8 Å². The predicted molar refractivity (Wildman–Crippen MR) is 166 cm³/mol.